The number of rotatable bonds is 5. The van der Waals surface area contributed by atoms with Crippen LogP contribution in [0.2, 0.25) is 0 Å². The monoisotopic (exact) mass is 526 g/mol. The van der Waals surface area contributed by atoms with Gasteiger partial charge in [-0.3, -0.25) is 9.79 Å². The summed E-state index contributed by atoms with van der Waals surface area (Å²) < 4.78 is 16.0. The lowest BCUT2D eigenvalue weighted by Gasteiger charge is -2.36. The number of fused-ring (bicyclic) bond motifs is 1. The van der Waals surface area contributed by atoms with Crippen LogP contribution in [-0.2, 0) is 6.42 Å². The molecule has 2 aliphatic rings. The van der Waals surface area contributed by atoms with E-state index in [-0.39, 0.29) is 36.7 Å². The number of carbonyl (C=O) groups excluding carboxylic acids is 1. The number of piperazine rings is 1. The summed E-state index contributed by atoms with van der Waals surface area (Å²) >= 11 is 0. The summed E-state index contributed by atoms with van der Waals surface area (Å²) in [7, 11) is 0. The van der Waals surface area contributed by atoms with Gasteiger partial charge in [-0.1, -0.05) is 6.07 Å². The van der Waals surface area contributed by atoms with E-state index in [1.165, 1.54) is 11.8 Å². The Morgan fingerprint density at radius 1 is 1.10 bits per heavy atom. The molecule has 0 aliphatic carbocycles. The van der Waals surface area contributed by atoms with Gasteiger partial charge in [-0.25, -0.2) is 0 Å². The highest BCUT2D eigenvalue weighted by Gasteiger charge is 2.25. The number of furan rings is 1. The van der Waals surface area contributed by atoms with Gasteiger partial charge < -0.3 is 29.0 Å². The van der Waals surface area contributed by atoms with Gasteiger partial charge in [0.15, 0.2) is 23.2 Å². The van der Waals surface area contributed by atoms with E-state index in [4.69, 9.17) is 18.9 Å². The first-order valence-electron chi connectivity index (χ1n) is 9.99. The van der Waals surface area contributed by atoms with Crippen LogP contribution in [0.5, 0.6) is 11.5 Å². The van der Waals surface area contributed by atoms with Crippen LogP contribution >= 0.6 is 24.0 Å². The molecule has 8 nitrogen and oxygen atoms in total. The van der Waals surface area contributed by atoms with Crippen molar-refractivity contribution in [2.75, 3.05) is 46.1 Å². The van der Waals surface area contributed by atoms with Gasteiger partial charge in [0, 0.05) is 39.3 Å². The van der Waals surface area contributed by atoms with Crippen molar-refractivity contribution in [2.24, 2.45) is 4.99 Å². The molecule has 1 N–H and O–H groups in total. The van der Waals surface area contributed by atoms with Crippen LogP contribution in [0.3, 0.4) is 0 Å². The Bertz CT molecular complexity index is 864. The summed E-state index contributed by atoms with van der Waals surface area (Å²) in [6, 6.07) is 9.45. The van der Waals surface area contributed by atoms with Crippen LogP contribution in [0.15, 0.2) is 46.0 Å². The van der Waals surface area contributed by atoms with Gasteiger partial charge in [-0.05, 0) is 43.2 Å². The Morgan fingerprint density at radius 3 is 2.60 bits per heavy atom. The second-order valence-corrected chi connectivity index (χ2v) is 6.93. The first-order valence-corrected chi connectivity index (χ1v) is 9.99. The zero-order valence-electron chi connectivity index (χ0n) is 17.0. The van der Waals surface area contributed by atoms with Crippen molar-refractivity contribution in [3.63, 3.8) is 0 Å². The second-order valence-electron chi connectivity index (χ2n) is 6.93. The van der Waals surface area contributed by atoms with E-state index in [0.717, 1.165) is 43.5 Å². The first-order chi connectivity index (χ1) is 14.2. The van der Waals surface area contributed by atoms with E-state index in [9.17, 15) is 4.79 Å². The van der Waals surface area contributed by atoms with Crippen LogP contribution in [0.4, 0.5) is 0 Å². The summed E-state index contributed by atoms with van der Waals surface area (Å²) in [4.78, 5) is 21.2. The summed E-state index contributed by atoms with van der Waals surface area (Å²) in [6.07, 6.45) is 2.35. The second kappa shape index (κ2) is 10.6. The zero-order valence-corrected chi connectivity index (χ0v) is 19.3. The minimum absolute atomic E-state index is 0. The number of hydrogen-bond donors (Lipinski definition) is 1. The Hall–Kier alpha value is -2.43. The molecule has 1 amide bonds. The minimum atomic E-state index is -0.0561. The van der Waals surface area contributed by atoms with Crippen molar-refractivity contribution in [1.82, 2.24) is 15.1 Å². The summed E-state index contributed by atoms with van der Waals surface area (Å²) in [5.74, 6) is 2.82. The number of benzene rings is 1. The molecule has 0 atom stereocenters. The predicted octanol–water partition coefficient (Wildman–Crippen LogP) is 2.59. The predicted molar refractivity (Wildman–Crippen MR) is 124 cm³/mol. The lowest BCUT2D eigenvalue weighted by atomic mass is 10.1. The maximum atomic E-state index is 12.4. The van der Waals surface area contributed by atoms with Crippen LogP contribution < -0.4 is 14.8 Å². The van der Waals surface area contributed by atoms with E-state index >= 15 is 0 Å². The Labute approximate surface area is 193 Å². The molecule has 3 heterocycles. The molecule has 2 aliphatic heterocycles. The number of aliphatic imine (C=N–C) groups is 1. The van der Waals surface area contributed by atoms with Gasteiger partial charge in [0.25, 0.3) is 5.91 Å². The number of nitrogens with one attached hydrogen (secondary N) is 1. The molecule has 4 rings (SSSR count). The topological polar surface area (TPSA) is 79.5 Å². The number of nitrogens with zero attached hydrogens (tertiary/aromatic N) is 3. The lowest BCUT2D eigenvalue weighted by molar-refractivity contribution is 0.0657. The fourth-order valence-corrected chi connectivity index (χ4v) is 3.49. The first kappa shape index (κ1) is 22.3. The molecule has 0 spiro atoms. The third-order valence-electron chi connectivity index (χ3n) is 5.03. The third kappa shape index (κ3) is 5.18. The van der Waals surface area contributed by atoms with Crippen LogP contribution in [-0.4, -0.2) is 67.7 Å². The molecule has 0 unspecified atom stereocenters. The molecule has 0 saturated carbocycles. The van der Waals surface area contributed by atoms with Crippen molar-refractivity contribution in [3.8, 4) is 11.5 Å². The van der Waals surface area contributed by atoms with Gasteiger partial charge in [-0.15, -0.1) is 24.0 Å². The molecular weight excluding hydrogens is 499 g/mol. The largest absolute Gasteiger partial charge is 0.459 e. The highest BCUT2D eigenvalue weighted by atomic mass is 127. The molecule has 1 aromatic heterocycles. The van der Waals surface area contributed by atoms with Gasteiger partial charge in [-0.2, -0.15) is 0 Å². The van der Waals surface area contributed by atoms with Crippen LogP contribution in [0.1, 0.15) is 23.0 Å². The highest BCUT2D eigenvalue weighted by Crippen LogP contribution is 2.32. The maximum Gasteiger partial charge on any atom is 0.289 e. The van der Waals surface area contributed by atoms with E-state index in [1.54, 1.807) is 12.1 Å². The average Bonchev–Trinajstić information content (AvgIpc) is 3.44. The van der Waals surface area contributed by atoms with Crippen molar-refractivity contribution < 1.29 is 18.7 Å². The number of ether oxygens (including phenoxy) is 2. The number of carbonyl (C=O) groups is 1. The molecule has 0 bridgehead atoms. The van der Waals surface area contributed by atoms with Crippen molar-refractivity contribution in [1.29, 1.82) is 0 Å². The number of hydrogen-bond acceptors (Lipinski definition) is 5. The van der Waals surface area contributed by atoms with E-state index in [0.29, 0.717) is 25.4 Å². The molecule has 0 radical (unpaired) electrons. The van der Waals surface area contributed by atoms with Gasteiger partial charge in [0.1, 0.15) is 0 Å². The number of amides is 1. The van der Waals surface area contributed by atoms with E-state index in [1.807, 2.05) is 17.0 Å². The van der Waals surface area contributed by atoms with Gasteiger partial charge in [0.05, 0.1) is 6.26 Å². The van der Waals surface area contributed by atoms with E-state index in [2.05, 4.69) is 23.2 Å². The third-order valence-corrected chi connectivity index (χ3v) is 5.03. The summed E-state index contributed by atoms with van der Waals surface area (Å²) in [5.41, 5.74) is 1.17. The Kier molecular flexibility index (Phi) is 7.83. The molecular formula is C21H27IN4O4. The average molecular weight is 526 g/mol. The fraction of sp³-hybridized carbons (Fsp3) is 0.429. The Balaban J connectivity index is 0.00000256. The number of guanidine groups is 1. The van der Waals surface area contributed by atoms with Gasteiger partial charge >= 0.3 is 0 Å². The summed E-state index contributed by atoms with van der Waals surface area (Å²) in [5, 5.41) is 3.36. The van der Waals surface area contributed by atoms with Gasteiger partial charge in [0.2, 0.25) is 6.79 Å². The molecule has 1 saturated heterocycles. The van der Waals surface area contributed by atoms with E-state index < -0.39 is 0 Å². The smallest absolute Gasteiger partial charge is 0.289 e. The molecule has 1 aromatic carbocycles. The maximum absolute atomic E-state index is 12.4. The highest BCUT2D eigenvalue weighted by molar-refractivity contribution is 14.0. The molecule has 162 valence electrons. The molecule has 1 fully saturated rings. The van der Waals surface area contributed by atoms with Crippen molar-refractivity contribution >= 4 is 35.8 Å². The van der Waals surface area contributed by atoms with Crippen LogP contribution in [0.25, 0.3) is 0 Å². The normalized spacial score (nSPS) is 15.7. The standard InChI is InChI=1S/C21H26N4O4.HI/c1-2-22-21(23-8-7-16-5-6-17-19(14-16)29-15-28-17)25-11-9-24(10-12-25)20(26)18-4-3-13-27-18;/h3-6,13-14H,2,7-12,15H2,1H3,(H,22,23);1H. The SMILES string of the molecule is CCNC(=NCCc1ccc2c(c1)OCO2)N1CCN(C(=O)c2ccco2)CC1.I. The van der Waals surface area contributed by atoms with Crippen molar-refractivity contribution in [3.05, 3.63) is 47.9 Å². The summed E-state index contributed by atoms with van der Waals surface area (Å²) in [6.45, 7) is 6.59. The molecule has 9 heteroatoms. The zero-order chi connectivity index (χ0) is 20.1. The quantitative estimate of drug-likeness (QED) is 0.367. The number of halogens is 1. The lowest BCUT2D eigenvalue weighted by Crippen LogP contribution is -2.53. The minimum Gasteiger partial charge on any atom is -0.459 e. The molecule has 30 heavy (non-hydrogen) atoms. The molecule has 2 aromatic rings. The Morgan fingerprint density at radius 2 is 1.87 bits per heavy atom. The van der Waals surface area contributed by atoms with Crippen LogP contribution in [0, 0.1) is 0 Å². The fourth-order valence-electron chi connectivity index (χ4n) is 3.49. The van der Waals surface area contributed by atoms with Crippen molar-refractivity contribution in [2.45, 2.75) is 13.3 Å².